The van der Waals surface area contributed by atoms with Crippen LogP contribution in [0.1, 0.15) is 33.6 Å². The number of azo groups is 1. The molecule has 12 nitrogen and oxygen atoms in total. The number of halogens is 1. The Morgan fingerprint density at radius 3 is 2.05 bits per heavy atom. The van der Waals surface area contributed by atoms with Crippen molar-refractivity contribution in [1.29, 1.82) is 0 Å². The second kappa shape index (κ2) is 14.5. The van der Waals surface area contributed by atoms with Crippen LogP contribution in [0.3, 0.4) is 0 Å². The molecule has 0 heterocycles. The number of nitro groups is 1. The molecule has 198 valence electrons. The predicted octanol–water partition coefficient (Wildman–Crippen LogP) is 5.33. The van der Waals surface area contributed by atoms with Gasteiger partial charge in [0, 0.05) is 37.8 Å². The summed E-state index contributed by atoms with van der Waals surface area (Å²) in [6.07, 6.45) is 0.179. The second-order valence-electron chi connectivity index (χ2n) is 7.57. The highest BCUT2D eigenvalue weighted by Gasteiger charge is 2.16. The van der Waals surface area contributed by atoms with Crippen molar-refractivity contribution in [1.82, 2.24) is 0 Å². The maximum absolute atomic E-state index is 11.9. The number of anilines is 2. The number of hydrogen-bond donors (Lipinski definition) is 1. The quantitative estimate of drug-likeness (QED) is 0.157. The first-order valence-corrected chi connectivity index (χ1v) is 11.9. The lowest BCUT2D eigenvalue weighted by atomic mass is 10.2. The van der Waals surface area contributed by atoms with Gasteiger partial charge in [0.15, 0.2) is 0 Å². The highest BCUT2D eigenvalue weighted by Crippen LogP contribution is 2.34. The zero-order chi connectivity index (χ0) is 27.4. The standard InChI is InChI=1S/C24H28ClN5O7/c1-4-36-23(32)10-12-29(13-11-24(33)37-5-2)17-6-9-21(22(15-17)26-16(3)31)28-27-20-8-7-18(30(34)35)14-19(20)25/h6-9,14-15H,4-5,10-13H2,1-3H3,(H,26,31). The Morgan fingerprint density at radius 1 is 0.973 bits per heavy atom. The van der Waals surface area contributed by atoms with Crippen molar-refractivity contribution >= 4 is 57.9 Å². The van der Waals surface area contributed by atoms with E-state index in [4.69, 9.17) is 21.1 Å². The van der Waals surface area contributed by atoms with Crippen molar-refractivity contribution in [3.05, 3.63) is 51.5 Å². The third-order valence-corrected chi connectivity index (χ3v) is 5.15. The number of benzene rings is 2. The van der Waals surface area contributed by atoms with Crippen LogP contribution in [-0.4, -0.2) is 49.1 Å². The van der Waals surface area contributed by atoms with E-state index in [1.807, 2.05) is 0 Å². The fraction of sp³-hybridized carbons (Fsp3) is 0.375. The molecule has 0 spiro atoms. The smallest absolute Gasteiger partial charge is 0.307 e. The van der Waals surface area contributed by atoms with E-state index in [1.165, 1.54) is 25.1 Å². The molecule has 0 aromatic heterocycles. The Balaban J connectivity index is 2.35. The Morgan fingerprint density at radius 2 is 1.54 bits per heavy atom. The highest BCUT2D eigenvalue weighted by atomic mass is 35.5. The number of nitro benzene ring substituents is 1. The predicted molar refractivity (Wildman–Crippen MR) is 138 cm³/mol. The molecule has 2 aromatic rings. The van der Waals surface area contributed by atoms with Crippen molar-refractivity contribution in [2.45, 2.75) is 33.6 Å². The third kappa shape index (κ3) is 9.49. The summed E-state index contributed by atoms with van der Waals surface area (Å²) in [4.78, 5) is 47.8. The molecule has 13 heteroatoms. The number of nitrogens with zero attached hydrogens (tertiary/aromatic N) is 4. The summed E-state index contributed by atoms with van der Waals surface area (Å²) in [5.74, 6) is -1.11. The molecule has 1 N–H and O–H groups in total. The fourth-order valence-corrected chi connectivity index (χ4v) is 3.40. The highest BCUT2D eigenvalue weighted by molar-refractivity contribution is 6.33. The summed E-state index contributed by atoms with van der Waals surface area (Å²) in [5.41, 5.74) is 1.26. The minimum absolute atomic E-state index is 0.0414. The first kappa shape index (κ1) is 29.2. The first-order chi connectivity index (χ1) is 17.6. The molecule has 0 fully saturated rings. The number of non-ortho nitro benzene ring substituents is 1. The molecule has 0 saturated heterocycles. The van der Waals surface area contributed by atoms with Crippen LogP contribution < -0.4 is 10.2 Å². The van der Waals surface area contributed by atoms with E-state index in [0.29, 0.717) is 17.1 Å². The van der Waals surface area contributed by atoms with E-state index < -0.39 is 4.92 Å². The van der Waals surface area contributed by atoms with Crippen LogP contribution in [0.2, 0.25) is 5.02 Å². The largest absolute Gasteiger partial charge is 0.466 e. The molecule has 0 bridgehead atoms. The summed E-state index contributed by atoms with van der Waals surface area (Å²) in [5, 5.41) is 21.9. The Labute approximate surface area is 218 Å². The number of carbonyl (C=O) groups excluding carboxylic acids is 3. The molecule has 0 aliphatic rings. The van der Waals surface area contributed by atoms with Gasteiger partial charge in [0.25, 0.3) is 5.69 Å². The van der Waals surface area contributed by atoms with Gasteiger partial charge in [-0.15, -0.1) is 10.2 Å². The molecule has 0 unspecified atom stereocenters. The van der Waals surface area contributed by atoms with Crippen molar-refractivity contribution in [3.8, 4) is 0 Å². The molecule has 0 atom stereocenters. The van der Waals surface area contributed by atoms with Gasteiger partial charge in [0.05, 0.1) is 41.7 Å². The van der Waals surface area contributed by atoms with Gasteiger partial charge in [-0.3, -0.25) is 24.5 Å². The maximum atomic E-state index is 11.9. The summed E-state index contributed by atoms with van der Waals surface area (Å²) >= 11 is 6.09. The molecule has 0 aliphatic heterocycles. The number of hydrogen-bond acceptors (Lipinski definition) is 10. The van der Waals surface area contributed by atoms with Gasteiger partial charge in [0.1, 0.15) is 11.4 Å². The summed E-state index contributed by atoms with van der Waals surface area (Å²) in [6, 6.07) is 8.73. The van der Waals surface area contributed by atoms with E-state index in [2.05, 4.69) is 15.5 Å². The van der Waals surface area contributed by atoms with Crippen LogP contribution >= 0.6 is 11.6 Å². The number of esters is 2. The maximum Gasteiger partial charge on any atom is 0.307 e. The van der Waals surface area contributed by atoms with Crippen molar-refractivity contribution in [2.24, 2.45) is 10.2 Å². The molecule has 2 rings (SSSR count). The second-order valence-corrected chi connectivity index (χ2v) is 7.98. The molecule has 0 radical (unpaired) electrons. The SMILES string of the molecule is CCOC(=O)CCN(CCC(=O)OCC)c1ccc(N=Nc2ccc([N+](=O)[O-])cc2Cl)c(NC(C)=O)c1. The van der Waals surface area contributed by atoms with E-state index in [9.17, 15) is 24.5 Å². The van der Waals surface area contributed by atoms with Crippen molar-refractivity contribution in [3.63, 3.8) is 0 Å². The summed E-state index contributed by atoms with van der Waals surface area (Å²) in [6.45, 7) is 5.80. The molecule has 0 aliphatic carbocycles. The van der Waals surface area contributed by atoms with Crippen LogP contribution in [0.4, 0.5) is 28.4 Å². The summed E-state index contributed by atoms with van der Waals surface area (Å²) < 4.78 is 10.0. The van der Waals surface area contributed by atoms with Gasteiger partial charge in [-0.2, -0.15) is 0 Å². The molecule has 2 aromatic carbocycles. The van der Waals surface area contributed by atoms with Crippen LogP contribution in [0.5, 0.6) is 0 Å². The number of nitrogens with one attached hydrogen (secondary N) is 1. The minimum atomic E-state index is -0.573. The van der Waals surface area contributed by atoms with E-state index in [1.54, 1.807) is 36.9 Å². The molecule has 37 heavy (non-hydrogen) atoms. The van der Waals surface area contributed by atoms with Gasteiger partial charge in [-0.25, -0.2) is 0 Å². The van der Waals surface area contributed by atoms with Gasteiger partial charge >= 0.3 is 11.9 Å². The minimum Gasteiger partial charge on any atom is -0.466 e. The summed E-state index contributed by atoms with van der Waals surface area (Å²) in [7, 11) is 0. The zero-order valence-electron chi connectivity index (χ0n) is 20.7. The first-order valence-electron chi connectivity index (χ1n) is 11.5. The lowest BCUT2D eigenvalue weighted by Gasteiger charge is -2.25. The number of ether oxygens (including phenoxy) is 2. The lowest BCUT2D eigenvalue weighted by molar-refractivity contribution is -0.384. The van der Waals surface area contributed by atoms with Crippen LogP contribution in [0.25, 0.3) is 0 Å². The number of amides is 1. The molecular weight excluding hydrogens is 506 g/mol. The lowest BCUT2D eigenvalue weighted by Crippen LogP contribution is -2.29. The number of carbonyl (C=O) groups is 3. The molecule has 1 amide bonds. The van der Waals surface area contributed by atoms with Crippen molar-refractivity contribution < 1.29 is 28.8 Å². The third-order valence-electron chi connectivity index (χ3n) is 4.85. The molecular formula is C24H28ClN5O7. The Bertz CT molecular complexity index is 1150. The van der Waals surface area contributed by atoms with Gasteiger partial charge < -0.3 is 19.7 Å². The zero-order valence-corrected chi connectivity index (χ0v) is 21.5. The van der Waals surface area contributed by atoms with Crippen molar-refractivity contribution in [2.75, 3.05) is 36.5 Å². The normalized spacial score (nSPS) is 10.7. The van der Waals surface area contributed by atoms with Crippen LogP contribution in [0.15, 0.2) is 46.6 Å². The average Bonchev–Trinajstić information content (AvgIpc) is 2.83. The fourth-order valence-electron chi connectivity index (χ4n) is 3.18. The Kier molecular flexibility index (Phi) is 11.4. The number of rotatable bonds is 13. The van der Waals surface area contributed by atoms with Crippen LogP contribution in [0, 0.1) is 10.1 Å². The van der Waals surface area contributed by atoms with Gasteiger partial charge in [0.2, 0.25) is 5.91 Å². The monoisotopic (exact) mass is 533 g/mol. The average molecular weight is 534 g/mol. The van der Waals surface area contributed by atoms with Crippen LogP contribution in [-0.2, 0) is 23.9 Å². The van der Waals surface area contributed by atoms with Gasteiger partial charge in [-0.05, 0) is 38.1 Å². The Hall–Kier alpha value is -4.06. The van der Waals surface area contributed by atoms with Gasteiger partial charge in [-0.1, -0.05) is 11.6 Å². The van der Waals surface area contributed by atoms with E-state index in [0.717, 1.165) is 0 Å². The van der Waals surface area contributed by atoms with E-state index >= 15 is 0 Å². The topological polar surface area (TPSA) is 153 Å². The van der Waals surface area contributed by atoms with E-state index in [-0.39, 0.29) is 73.4 Å². The molecule has 0 saturated carbocycles.